The molecule has 1 atom stereocenters. The van der Waals surface area contributed by atoms with E-state index in [4.69, 9.17) is 5.11 Å². The van der Waals surface area contributed by atoms with E-state index in [1.165, 1.54) is 0 Å². The molecule has 0 spiro atoms. The van der Waals surface area contributed by atoms with Crippen LogP contribution in [-0.4, -0.2) is 27.6 Å². The minimum atomic E-state index is -1.25. The molecule has 22 heavy (non-hydrogen) atoms. The molecule has 1 unspecified atom stereocenters. The van der Waals surface area contributed by atoms with Gasteiger partial charge >= 0.3 is 5.97 Å². The highest BCUT2D eigenvalue weighted by Gasteiger charge is 2.49. The lowest BCUT2D eigenvalue weighted by atomic mass is 9.62. The minimum Gasteiger partial charge on any atom is -0.478 e. The van der Waals surface area contributed by atoms with E-state index in [1.54, 1.807) is 26.0 Å². The number of Topliss-reactive ketones (excluding diaryl/α,β-unsaturated/α-hetero) is 1. The van der Waals surface area contributed by atoms with Gasteiger partial charge in [-0.25, -0.2) is 4.79 Å². The Hall–Kier alpha value is -1.68. The molecule has 0 aromatic rings. The zero-order valence-electron chi connectivity index (χ0n) is 14.1. The molecule has 0 aromatic heterocycles. The molecule has 0 aliphatic heterocycles. The van der Waals surface area contributed by atoms with Crippen LogP contribution in [0.15, 0.2) is 34.9 Å². The largest absolute Gasteiger partial charge is 0.478 e. The molecule has 0 heterocycles. The second kappa shape index (κ2) is 6.61. The van der Waals surface area contributed by atoms with Gasteiger partial charge in [0.2, 0.25) is 0 Å². The van der Waals surface area contributed by atoms with E-state index in [0.29, 0.717) is 23.1 Å². The number of allylic oxidation sites excluding steroid dienone is 3. The van der Waals surface area contributed by atoms with Gasteiger partial charge in [-0.2, -0.15) is 0 Å². The molecule has 0 radical (unpaired) electrons. The fourth-order valence-corrected chi connectivity index (χ4v) is 3.01. The van der Waals surface area contributed by atoms with Crippen molar-refractivity contribution in [3.63, 3.8) is 0 Å². The van der Waals surface area contributed by atoms with Crippen LogP contribution in [0.1, 0.15) is 53.9 Å². The van der Waals surface area contributed by atoms with Gasteiger partial charge in [-0.05, 0) is 43.1 Å². The molecule has 0 saturated carbocycles. The fourth-order valence-electron chi connectivity index (χ4n) is 3.01. The Morgan fingerprint density at radius 1 is 1.36 bits per heavy atom. The number of carboxylic acids is 1. The summed E-state index contributed by atoms with van der Waals surface area (Å²) >= 11 is 0. The van der Waals surface area contributed by atoms with E-state index in [1.807, 2.05) is 20.8 Å². The summed E-state index contributed by atoms with van der Waals surface area (Å²) in [7, 11) is 0. The second-order valence-corrected chi connectivity index (χ2v) is 6.66. The molecule has 0 saturated heterocycles. The van der Waals surface area contributed by atoms with Gasteiger partial charge in [0.25, 0.3) is 0 Å². The molecule has 2 N–H and O–H groups in total. The van der Waals surface area contributed by atoms with Gasteiger partial charge in [0.05, 0.1) is 0 Å². The third-order valence-corrected chi connectivity index (χ3v) is 4.43. The van der Waals surface area contributed by atoms with Crippen LogP contribution in [0.3, 0.4) is 0 Å². The zero-order chi connectivity index (χ0) is 17.1. The summed E-state index contributed by atoms with van der Waals surface area (Å²) < 4.78 is 0. The standard InChI is InChI=1S/C18H26O4/c1-6-7-14-13(3)18(22,17(4,5)11-15(14)19)9-8-12(2)10-16(20)21/h8-10,22H,6-7,11H2,1-5H3,(H,20,21)/b9-8+,12-10-. The number of carbonyl (C=O) groups is 2. The molecule has 1 aliphatic rings. The van der Waals surface area contributed by atoms with Gasteiger partial charge < -0.3 is 10.2 Å². The molecule has 4 heteroatoms. The van der Waals surface area contributed by atoms with Crippen LogP contribution in [0, 0.1) is 5.41 Å². The number of carboxylic acid groups (broad SMARTS) is 1. The van der Waals surface area contributed by atoms with Crippen molar-refractivity contribution in [1.29, 1.82) is 0 Å². The normalized spacial score (nSPS) is 25.9. The Balaban J connectivity index is 3.34. The molecule has 4 nitrogen and oxygen atoms in total. The Kier molecular flexibility index (Phi) is 5.52. The predicted octanol–water partition coefficient (Wildman–Crippen LogP) is 3.42. The molecule has 1 aliphatic carbocycles. The summed E-state index contributed by atoms with van der Waals surface area (Å²) in [5, 5.41) is 20.0. The Morgan fingerprint density at radius 3 is 2.45 bits per heavy atom. The third kappa shape index (κ3) is 3.55. The smallest absolute Gasteiger partial charge is 0.328 e. The summed E-state index contributed by atoms with van der Waals surface area (Å²) in [6, 6.07) is 0. The lowest BCUT2D eigenvalue weighted by Gasteiger charge is -2.45. The number of aliphatic hydroxyl groups is 1. The first-order valence-corrected chi connectivity index (χ1v) is 7.61. The van der Waals surface area contributed by atoms with Crippen molar-refractivity contribution in [2.24, 2.45) is 5.41 Å². The first-order chi connectivity index (χ1) is 10.0. The number of rotatable bonds is 5. The highest BCUT2D eigenvalue weighted by Crippen LogP contribution is 2.47. The quantitative estimate of drug-likeness (QED) is 0.603. The van der Waals surface area contributed by atoms with Crippen molar-refractivity contribution in [2.45, 2.75) is 59.5 Å². The summed E-state index contributed by atoms with van der Waals surface area (Å²) in [6.45, 7) is 9.18. The second-order valence-electron chi connectivity index (χ2n) is 6.66. The van der Waals surface area contributed by atoms with Gasteiger partial charge in [0, 0.05) is 17.9 Å². The topological polar surface area (TPSA) is 74.6 Å². The van der Waals surface area contributed by atoms with Gasteiger partial charge in [0.1, 0.15) is 5.60 Å². The number of carbonyl (C=O) groups excluding carboxylic acids is 1. The van der Waals surface area contributed by atoms with Crippen molar-refractivity contribution >= 4 is 11.8 Å². The molecular formula is C18H26O4. The van der Waals surface area contributed by atoms with Crippen LogP contribution < -0.4 is 0 Å². The van der Waals surface area contributed by atoms with E-state index in [-0.39, 0.29) is 12.2 Å². The number of hydrogen-bond donors (Lipinski definition) is 2. The Bertz CT molecular complexity index is 564. The van der Waals surface area contributed by atoms with Gasteiger partial charge in [-0.15, -0.1) is 0 Å². The molecule has 122 valence electrons. The highest BCUT2D eigenvalue weighted by atomic mass is 16.4. The van der Waals surface area contributed by atoms with Crippen LogP contribution in [-0.2, 0) is 9.59 Å². The average molecular weight is 306 g/mol. The molecule has 0 bridgehead atoms. The van der Waals surface area contributed by atoms with Crippen LogP contribution in [0.4, 0.5) is 0 Å². The fraction of sp³-hybridized carbons (Fsp3) is 0.556. The van der Waals surface area contributed by atoms with Gasteiger partial charge in [-0.3, -0.25) is 4.79 Å². The average Bonchev–Trinajstić information content (AvgIpc) is 2.38. The van der Waals surface area contributed by atoms with Crippen LogP contribution in [0.25, 0.3) is 0 Å². The summed E-state index contributed by atoms with van der Waals surface area (Å²) in [4.78, 5) is 23.0. The maximum Gasteiger partial charge on any atom is 0.328 e. The highest BCUT2D eigenvalue weighted by molar-refractivity contribution is 5.98. The molecule has 0 fully saturated rings. The summed E-state index contributed by atoms with van der Waals surface area (Å²) in [6.07, 6.45) is 6.10. The van der Waals surface area contributed by atoms with Crippen molar-refractivity contribution < 1.29 is 19.8 Å². The Morgan fingerprint density at radius 2 is 1.95 bits per heavy atom. The molecule has 1 rings (SSSR count). The van der Waals surface area contributed by atoms with E-state index in [2.05, 4.69) is 0 Å². The van der Waals surface area contributed by atoms with Gasteiger partial charge in [-0.1, -0.05) is 33.3 Å². The minimum absolute atomic E-state index is 0.0974. The SMILES string of the molecule is CCCC1=C(C)C(O)(/C=C/C(C)=C\C(=O)O)C(C)(C)CC1=O. The first kappa shape index (κ1) is 18.4. The predicted molar refractivity (Wildman–Crippen MR) is 86.5 cm³/mol. The Labute approximate surface area is 132 Å². The van der Waals surface area contributed by atoms with Crippen LogP contribution in [0.2, 0.25) is 0 Å². The van der Waals surface area contributed by atoms with Crippen molar-refractivity contribution in [3.05, 3.63) is 34.9 Å². The van der Waals surface area contributed by atoms with Crippen molar-refractivity contribution in [3.8, 4) is 0 Å². The number of aliphatic carboxylic acids is 1. The number of ketones is 1. The molecule has 0 amide bonds. The summed E-state index contributed by atoms with van der Waals surface area (Å²) in [5.41, 5.74) is 0.0343. The first-order valence-electron chi connectivity index (χ1n) is 7.61. The summed E-state index contributed by atoms with van der Waals surface area (Å²) in [5.74, 6) is -0.925. The van der Waals surface area contributed by atoms with E-state index >= 15 is 0 Å². The van der Waals surface area contributed by atoms with Crippen LogP contribution >= 0.6 is 0 Å². The maximum atomic E-state index is 12.3. The van der Waals surface area contributed by atoms with E-state index < -0.39 is 17.0 Å². The van der Waals surface area contributed by atoms with E-state index in [0.717, 1.165) is 12.5 Å². The van der Waals surface area contributed by atoms with Gasteiger partial charge in [0.15, 0.2) is 5.78 Å². The maximum absolute atomic E-state index is 12.3. The lowest BCUT2D eigenvalue weighted by molar-refractivity contribution is -0.131. The number of hydrogen-bond acceptors (Lipinski definition) is 3. The van der Waals surface area contributed by atoms with Crippen molar-refractivity contribution in [2.75, 3.05) is 0 Å². The molecule has 0 aromatic carbocycles. The third-order valence-electron chi connectivity index (χ3n) is 4.43. The monoisotopic (exact) mass is 306 g/mol. The lowest BCUT2D eigenvalue weighted by Crippen LogP contribution is -2.49. The molecular weight excluding hydrogens is 280 g/mol. The van der Waals surface area contributed by atoms with E-state index in [9.17, 15) is 14.7 Å². The van der Waals surface area contributed by atoms with Crippen molar-refractivity contribution in [1.82, 2.24) is 0 Å². The van der Waals surface area contributed by atoms with Crippen LogP contribution in [0.5, 0.6) is 0 Å². The zero-order valence-corrected chi connectivity index (χ0v) is 14.1.